The molecule has 0 saturated heterocycles. The van der Waals surface area contributed by atoms with Crippen molar-refractivity contribution in [3.63, 3.8) is 0 Å². The first-order valence-electron chi connectivity index (χ1n) is 6.97. The smallest absolute Gasteiger partial charge is 0.342 e. The highest BCUT2D eigenvalue weighted by molar-refractivity contribution is 6.31. The molecule has 0 radical (unpaired) electrons. The van der Waals surface area contributed by atoms with Gasteiger partial charge in [0.15, 0.2) is 6.61 Å². The van der Waals surface area contributed by atoms with Crippen LogP contribution in [0.2, 0.25) is 5.02 Å². The van der Waals surface area contributed by atoms with Gasteiger partial charge in [0.05, 0.1) is 6.04 Å². The highest BCUT2D eigenvalue weighted by Gasteiger charge is 2.16. The van der Waals surface area contributed by atoms with E-state index >= 15 is 0 Å². The number of carbonyl (C=O) groups is 2. The second-order valence-corrected chi connectivity index (χ2v) is 5.37. The number of phenols is 1. The molecule has 23 heavy (non-hydrogen) atoms. The van der Waals surface area contributed by atoms with Crippen LogP contribution in [0.3, 0.4) is 0 Å². The third kappa shape index (κ3) is 4.72. The summed E-state index contributed by atoms with van der Waals surface area (Å²) >= 11 is 5.76. The summed E-state index contributed by atoms with van der Waals surface area (Å²) in [5.74, 6) is -1.50. The van der Waals surface area contributed by atoms with Gasteiger partial charge in [-0.15, -0.1) is 0 Å². The number of hydrogen-bond donors (Lipinski definition) is 2. The molecular formula is C17H16ClNO4. The van der Waals surface area contributed by atoms with Crippen molar-refractivity contribution in [2.24, 2.45) is 0 Å². The van der Waals surface area contributed by atoms with Gasteiger partial charge in [-0.05, 0) is 30.7 Å². The summed E-state index contributed by atoms with van der Waals surface area (Å²) in [7, 11) is 0. The molecule has 2 aromatic carbocycles. The number of halogens is 1. The summed E-state index contributed by atoms with van der Waals surface area (Å²) in [6.07, 6.45) is 0. The maximum Gasteiger partial charge on any atom is 0.342 e. The molecule has 120 valence electrons. The largest absolute Gasteiger partial charge is 0.507 e. The minimum Gasteiger partial charge on any atom is -0.507 e. The lowest BCUT2D eigenvalue weighted by molar-refractivity contribution is -0.124. The molecule has 1 atom stereocenters. The summed E-state index contributed by atoms with van der Waals surface area (Å²) < 4.78 is 4.89. The normalized spacial score (nSPS) is 11.6. The van der Waals surface area contributed by atoms with Crippen LogP contribution in [-0.2, 0) is 9.53 Å². The number of esters is 1. The fraction of sp³-hybridized carbons (Fsp3) is 0.176. The number of amides is 1. The number of nitrogens with one attached hydrogen (secondary N) is 1. The summed E-state index contributed by atoms with van der Waals surface area (Å²) in [4.78, 5) is 23.7. The first-order valence-corrected chi connectivity index (χ1v) is 7.35. The van der Waals surface area contributed by atoms with Crippen LogP contribution in [0, 0.1) is 0 Å². The average molecular weight is 334 g/mol. The maximum absolute atomic E-state index is 11.9. The second kappa shape index (κ2) is 7.65. The minimum atomic E-state index is -0.812. The van der Waals surface area contributed by atoms with Crippen molar-refractivity contribution in [3.05, 3.63) is 64.7 Å². The van der Waals surface area contributed by atoms with Gasteiger partial charge in [0.2, 0.25) is 0 Å². The third-order valence-corrected chi connectivity index (χ3v) is 3.43. The van der Waals surface area contributed by atoms with Crippen molar-refractivity contribution in [2.75, 3.05) is 6.61 Å². The molecule has 2 rings (SSSR count). The van der Waals surface area contributed by atoms with E-state index in [0.717, 1.165) is 5.56 Å². The van der Waals surface area contributed by atoms with E-state index in [2.05, 4.69) is 5.32 Å². The van der Waals surface area contributed by atoms with E-state index < -0.39 is 18.5 Å². The van der Waals surface area contributed by atoms with Crippen LogP contribution in [0.5, 0.6) is 5.75 Å². The molecule has 1 amide bonds. The SMILES string of the molecule is C[C@H](NC(=O)COC(=O)c1cc(Cl)ccc1O)c1ccccc1. The number of phenolic OH excluding ortho intramolecular Hbond substituents is 1. The topological polar surface area (TPSA) is 75.6 Å². The first-order chi connectivity index (χ1) is 11.0. The Balaban J connectivity index is 1.89. The average Bonchev–Trinajstić information content (AvgIpc) is 2.55. The van der Waals surface area contributed by atoms with E-state index in [9.17, 15) is 14.7 Å². The lowest BCUT2D eigenvalue weighted by Gasteiger charge is -2.14. The number of aromatic hydroxyl groups is 1. The predicted octanol–water partition coefficient (Wildman–Crippen LogP) is 3.08. The first kappa shape index (κ1) is 16.8. The number of ether oxygens (including phenoxy) is 1. The zero-order valence-corrected chi connectivity index (χ0v) is 13.2. The van der Waals surface area contributed by atoms with Crippen LogP contribution in [0.15, 0.2) is 48.5 Å². The molecule has 0 bridgehead atoms. The van der Waals surface area contributed by atoms with Crippen LogP contribution in [0.25, 0.3) is 0 Å². The quantitative estimate of drug-likeness (QED) is 0.824. The van der Waals surface area contributed by atoms with Gasteiger partial charge >= 0.3 is 5.97 Å². The van der Waals surface area contributed by atoms with E-state index in [4.69, 9.17) is 16.3 Å². The van der Waals surface area contributed by atoms with E-state index in [1.54, 1.807) is 0 Å². The van der Waals surface area contributed by atoms with Gasteiger partial charge in [-0.25, -0.2) is 4.79 Å². The molecular weight excluding hydrogens is 318 g/mol. The highest BCUT2D eigenvalue weighted by Crippen LogP contribution is 2.22. The van der Waals surface area contributed by atoms with E-state index in [1.165, 1.54) is 18.2 Å². The molecule has 0 fully saturated rings. The summed E-state index contributed by atoms with van der Waals surface area (Å²) in [5.41, 5.74) is 0.862. The lowest BCUT2D eigenvalue weighted by atomic mass is 10.1. The third-order valence-electron chi connectivity index (χ3n) is 3.19. The number of carbonyl (C=O) groups excluding carboxylic acids is 2. The molecule has 0 aliphatic carbocycles. The van der Waals surface area contributed by atoms with Crippen LogP contribution >= 0.6 is 11.6 Å². The van der Waals surface area contributed by atoms with Gasteiger partial charge in [0.1, 0.15) is 11.3 Å². The van der Waals surface area contributed by atoms with E-state index in [0.29, 0.717) is 0 Å². The summed E-state index contributed by atoms with van der Waals surface area (Å²) in [6.45, 7) is 1.39. The fourth-order valence-electron chi connectivity index (χ4n) is 1.99. The van der Waals surface area contributed by atoms with E-state index in [-0.39, 0.29) is 22.4 Å². The van der Waals surface area contributed by atoms with Gasteiger partial charge in [-0.3, -0.25) is 4.79 Å². The molecule has 2 N–H and O–H groups in total. The van der Waals surface area contributed by atoms with Gasteiger partial charge in [0.25, 0.3) is 5.91 Å². The van der Waals surface area contributed by atoms with E-state index in [1.807, 2.05) is 37.3 Å². The van der Waals surface area contributed by atoms with Crippen molar-refractivity contribution in [1.29, 1.82) is 0 Å². The number of benzene rings is 2. The molecule has 0 spiro atoms. The minimum absolute atomic E-state index is 0.0820. The lowest BCUT2D eigenvalue weighted by Crippen LogP contribution is -2.31. The zero-order valence-electron chi connectivity index (χ0n) is 12.5. The monoisotopic (exact) mass is 333 g/mol. The van der Waals surface area contributed by atoms with Crippen molar-refractivity contribution in [1.82, 2.24) is 5.32 Å². The van der Waals surface area contributed by atoms with Crippen LogP contribution in [0.1, 0.15) is 28.9 Å². The number of rotatable bonds is 5. The molecule has 0 aromatic heterocycles. The Morgan fingerprint density at radius 2 is 1.91 bits per heavy atom. The molecule has 6 heteroatoms. The van der Waals surface area contributed by atoms with Gasteiger partial charge in [-0.2, -0.15) is 0 Å². The van der Waals surface area contributed by atoms with Gasteiger partial charge in [0, 0.05) is 5.02 Å². The second-order valence-electron chi connectivity index (χ2n) is 4.94. The Morgan fingerprint density at radius 3 is 2.61 bits per heavy atom. The van der Waals surface area contributed by atoms with Gasteiger partial charge < -0.3 is 15.2 Å². The standard InChI is InChI=1S/C17H16ClNO4/c1-11(12-5-3-2-4-6-12)19-16(21)10-23-17(22)14-9-13(18)7-8-15(14)20/h2-9,11,20H,10H2,1H3,(H,19,21)/t11-/m0/s1. The van der Waals surface area contributed by atoms with Crippen molar-refractivity contribution in [2.45, 2.75) is 13.0 Å². The number of hydrogen-bond acceptors (Lipinski definition) is 4. The summed E-state index contributed by atoms with van der Waals surface area (Å²) in [6, 6.07) is 13.2. The predicted molar refractivity (Wildman–Crippen MR) is 86.4 cm³/mol. The van der Waals surface area contributed by atoms with Crippen molar-refractivity contribution >= 4 is 23.5 Å². The molecule has 0 unspecified atom stereocenters. The van der Waals surface area contributed by atoms with Crippen LogP contribution < -0.4 is 5.32 Å². The van der Waals surface area contributed by atoms with Crippen molar-refractivity contribution < 1.29 is 19.4 Å². The van der Waals surface area contributed by atoms with Crippen LogP contribution in [-0.4, -0.2) is 23.6 Å². The molecule has 5 nitrogen and oxygen atoms in total. The Kier molecular flexibility index (Phi) is 5.60. The molecule has 0 aliphatic rings. The van der Waals surface area contributed by atoms with Crippen LogP contribution in [0.4, 0.5) is 0 Å². The molecule has 0 heterocycles. The molecule has 2 aromatic rings. The van der Waals surface area contributed by atoms with Gasteiger partial charge in [-0.1, -0.05) is 41.9 Å². The Morgan fingerprint density at radius 1 is 1.22 bits per heavy atom. The fourth-order valence-corrected chi connectivity index (χ4v) is 2.16. The Bertz CT molecular complexity index is 703. The molecule has 0 saturated carbocycles. The maximum atomic E-state index is 11.9. The summed E-state index contributed by atoms with van der Waals surface area (Å²) in [5, 5.41) is 12.6. The van der Waals surface area contributed by atoms with Crippen molar-refractivity contribution in [3.8, 4) is 5.75 Å². The Labute approximate surface area is 138 Å². The molecule has 0 aliphatic heterocycles. The Hall–Kier alpha value is -2.53. The highest BCUT2D eigenvalue weighted by atomic mass is 35.5. The zero-order chi connectivity index (χ0) is 16.8.